The van der Waals surface area contributed by atoms with Crippen LogP contribution in [0, 0.1) is 11.8 Å². The fraction of sp³-hybridized carbons (Fsp3) is 0.167. The van der Waals surface area contributed by atoms with Crippen LogP contribution in [0.25, 0.3) is 77.9 Å². The van der Waals surface area contributed by atoms with Crippen LogP contribution in [-0.4, -0.2) is 6.04 Å². The summed E-state index contributed by atoms with van der Waals surface area (Å²) >= 11 is 0. The van der Waals surface area contributed by atoms with Crippen LogP contribution >= 0.6 is 0 Å². The van der Waals surface area contributed by atoms with Crippen LogP contribution in [0.4, 0.5) is 17.1 Å². The molecule has 9 aromatic rings. The summed E-state index contributed by atoms with van der Waals surface area (Å²) in [5, 5.41) is 10.2. The Morgan fingerprint density at radius 2 is 1.03 bits per heavy atom. The van der Waals surface area contributed by atoms with Crippen molar-refractivity contribution in [3.8, 4) is 22.3 Å². The molecule has 3 unspecified atom stereocenters. The number of fused-ring (bicyclic) bond motifs is 11. The lowest BCUT2D eigenvalue weighted by Crippen LogP contribution is -2.42. The van der Waals surface area contributed by atoms with Gasteiger partial charge in [-0.25, -0.2) is 0 Å². The number of rotatable bonds is 8. The van der Waals surface area contributed by atoms with Gasteiger partial charge in [0.25, 0.3) is 0 Å². The lowest BCUT2D eigenvalue weighted by Gasteiger charge is -2.37. The van der Waals surface area contributed by atoms with Gasteiger partial charge < -0.3 is 9.80 Å². The molecule has 9 aromatic carbocycles. The second-order valence-electron chi connectivity index (χ2n) is 26.1. The minimum absolute atomic E-state index is 0.0185. The fourth-order valence-electron chi connectivity index (χ4n) is 16.3. The maximum atomic E-state index is 2.69. The van der Waals surface area contributed by atoms with Crippen LogP contribution in [0.3, 0.4) is 0 Å². The zero-order chi connectivity index (χ0) is 57.4. The maximum absolute atomic E-state index is 2.69. The number of hydrogen-bond donors (Lipinski definition) is 0. The normalized spacial score (nSPS) is 20.5. The largest absolute Gasteiger partial charge is 0.334 e. The number of allylic oxidation sites excluding steroid dienone is 18. The zero-order valence-corrected chi connectivity index (χ0v) is 49.5. The molecule has 0 radical (unpaired) electrons. The van der Waals surface area contributed by atoms with Crippen molar-refractivity contribution in [1.29, 1.82) is 0 Å². The molecule has 0 saturated carbocycles. The van der Waals surface area contributed by atoms with Gasteiger partial charge in [-0.15, -0.1) is 0 Å². The Bertz CT molecular complexity index is 4930. The Hall–Kier alpha value is -9.50. The molecule has 0 fully saturated rings. The van der Waals surface area contributed by atoms with Gasteiger partial charge in [-0.1, -0.05) is 234 Å². The molecule has 8 aliphatic carbocycles. The van der Waals surface area contributed by atoms with E-state index in [2.05, 4.69) is 298 Å². The predicted octanol–water partition coefficient (Wildman–Crippen LogP) is 19.9. The van der Waals surface area contributed by atoms with Gasteiger partial charge in [0.1, 0.15) is 0 Å². The summed E-state index contributed by atoms with van der Waals surface area (Å²) in [5.41, 5.74) is 25.1. The molecule has 414 valence electrons. The molecule has 3 atom stereocenters. The van der Waals surface area contributed by atoms with Gasteiger partial charge in [-0.05, 0) is 207 Å². The number of anilines is 3. The second kappa shape index (κ2) is 19.5. The summed E-state index contributed by atoms with van der Waals surface area (Å²) in [7, 11) is 0. The van der Waals surface area contributed by atoms with Crippen molar-refractivity contribution in [3.63, 3.8) is 0 Å². The van der Waals surface area contributed by atoms with E-state index in [1.165, 1.54) is 138 Å². The van der Waals surface area contributed by atoms with E-state index in [4.69, 9.17) is 0 Å². The van der Waals surface area contributed by atoms with E-state index in [1.54, 1.807) is 0 Å². The first-order chi connectivity index (χ1) is 42.1. The Labute approximate surface area is 505 Å². The molecule has 2 nitrogen and oxygen atoms in total. The molecule has 0 aliphatic heterocycles. The molecule has 0 heterocycles. The highest BCUT2D eigenvalue weighted by Crippen LogP contribution is 2.54. The summed E-state index contributed by atoms with van der Waals surface area (Å²) in [6.45, 7) is 9.76. The second-order valence-corrected chi connectivity index (χ2v) is 26.1. The predicted molar refractivity (Wildman–Crippen MR) is 365 cm³/mol. The van der Waals surface area contributed by atoms with Crippen LogP contribution in [0.15, 0.2) is 277 Å². The Balaban J connectivity index is 0.955. The summed E-state index contributed by atoms with van der Waals surface area (Å²) in [4.78, 5) is 5.22. The average Bonchev–Trinajstić information content (AvgIpc) is 1.33. The van der Waals surface area contributed by atoms with Gasteiger partial charge >= 0.3 is 0 Å². The topological polar surface area (TPSA) is 6.48 Å². The molecular weight excluding hydrogens is 1040 g/mol. The minimum Gasteiger partial charge on any atom is -0.334 e. The van der Waals surface area contributed by atoms with E-state index < -0.39 is 0 Å². The van der Waals surface area contributed by atoms with E-state index in [0.717, 1.165) is 43.5 Å². The van der Waals surface area contributed by atoms with E-state index >= 15 is 0 Å². The molecular formula is C84H68N2. The van der Waals surface area contributed by atoms with Gasteiger partial charge in [0.05, 0.1) is 6.04 Å². The van der Waals surface area contributed by atoms with Crippen LogP contribution in [0.1, 0.15) is 87.6 Å². The zero-order valence-electron chi connectivity index (χ0n) is 49.5. The van der Waals surface area contributed by atoms with Crippen LogP contribution in [0.5, 0.6) is 0 Å². The molecule has 0 spiro atoms. The SMILES string of the molecule is CC1(C)C2=C(CCC(c3c4c(c(-c5ccc6c(c5)C(C)(C)c5ccccc5-6)c5ccc(N(C6=CCC7C=CC=CC7=C6)c6ccc7ccccc7c6)cc35)=CC(N(C3=CCC5C=CC=CC5=C3)c3ccc5ccccc5c3)CC=4)=C2)c2ccccc21. The molecule has 2 heteroatoms. The summed E-state index contributed by atoms with van der Waals surface area (Å²) in [6.07, 6.45) is 40.8. The summed E-state index contributed by atoms with van der Waals surface area (Å²) in [6, 6.07) is 65.1. The first-order valence-corrected chi connectivity index (χ1v) is 31.3. The van der Waals surface area contributed by atoms with Gasteiger partial charge in [-0.3, -0.25) is 0 Å². The fourth-order valence-corrected chi connectivity index (χ4v) is 16.3. The molecule has 0 N–H and O–H groups in total. The molecule has 0 bridgehead atoms. The van der Waals surface area contributed by atoms with Crippen LogP contribution in [0.2, 0.25) is 0 Å². The first kappa shape index (κ1) is 51.0. The third-order valence-electron chi connectivity index (χ3n) is 20.6. The first-order valence-electron chi connectivity index (χ1n) is 31.3. The smallest absolute Gasteiger partial charge is 0.0566 e. The maximum Gasteiger partial charge on any atom is 0.0566 e. The lowest BCUT2D eigenvalue weighted by molar-refractivity contribution is 0.652. The van der Waals surface area contributed by atoms with E-state index in [1.807, 2.05) is 0 Å². The van der Waals surface area contributed by atoms with Crippen molar-refractivity contribution in [2.45, 2.75) is 76.7 Å². The van der Waals surface area contributed by atoms with E-state index in [9.17, 15) is 0 Å². The highest BCUT2D eigenvalue weighted by molar-refractivity contribution is 6.07. The van der Waals surface area contributed by atoms with Crippen molar-refractivity contribution in [3.05, 3.63) is 315 Å². The molecule has 17 rings (SSSR count). The Morgan fingerprint density at radius 1 is 0.430 bits per heavy atom. The highest BCUT2D eigenvalue weighted by Gasteiger charge is 2.40. The summed E-state index contributed by atoms with van der Waals surface area (Å²) in [5.74, 6) is 0.772. The van der Waals surface area contributed by atoms with Crippen molar-refractivity contribution in [2.24, 2.45) is 11.8 Å². The minimum atomic E-state index is -0.174. The van der Waals surface area contributed by atoms with Gasteiger partial charge in [0, 0.05) is 51.1 Å². The van der Waals surface area contributed by atoms with Gasteiger partial charge in [0.15, 0.2) is 0 Å². The molecule has 0 saturated heterocycles. The monoisotopic (exact) mass is 1100 g/mol. The molecule has 86 heavy (non-hydrogen) atoms. The third kappa shape index (κ3) is 7.99. The third-order valence-corrected chi connectivity index (χ3v) is 20.6. The number of nitrogens with zero attached hydrogens (tertiary/aromatic N) is 2. The summed E-state index contributed by atoms with van der Waals surface area (Å²) < 4.78 is 0. The van der Waals surface area contributed by atoms with Crippen molar-refractivity contribution in [1.82, 2.24) is 0 Å². The quantitative estimate of drug-likeness (QED) is 0.150. The van der Waals surface area contributed by atoms with Crippen molar-refractivity contribution >= 4 is 72.7 Å². The molecule has 8 aliphatic rings. The van der Waals surface area contributed by atoms with E-state index in [0.29, 0.717) is 11.8 Å². The van der Waals surface area contributed by atoms with E-state index in [-0.39, 0.29) is 16.9 Å². The molecule has 0 aromatic heterocycles. The lowest BCUT2D eigenvalue weighted by atomic mass is 9.76. The van der Waals surface area contributed by atoms with Crippen molar-refractivity contribution < 1.29 is 0 Å². The molecule has 0 amide bonds. The van der Waals surface area contributed by atoms with Crippen molar-refractivity contribution in [2.75, 3.05) is 9.80 Å². The number of benzene rings is 9. The van der Waals surface area contributed by atoms with Gasteiger partial charge in [0.2, 0.25) is 0 Å². The number of hydrogen-bond acceptors (Lipinski definition) is 2. The highest BCUT2D eigenvalue weighted by atomic mass is 15.2. The Kier molecular flexibility index (Phi) is 11.6. The Morgan fingerprint density at radius 3 is 1.78 bits per heavy atom. The van der Waals surface area contributed by atoms with Crippen LogP contribution in [-0.2, 0) is 10.8 Å². The average molecular weight is 1110 g/mol. The van der Waals surface area contributed by atoms with Crippen LogP contribution < -0.4 is 20.2 Å². The standard InChI is InChI=1S/C84H68N2/c1-83(2)77-27-15-13-25-69(77)71-41-33-61(49-79(71)83)81-73-43-39-68(86(65-37-31-55-19-7-11-23-59(55)47-65)66-38-32-56-20-8-12-24-60(56)48-66)52-76(73)82(62-34-42-72-70-26-14-16-28-78(70)84(3,4)80(72)50-62)74-44-40-67(51-75(74)81)85(63-35-29-53-17-5-9-21-57(53)45-63)64-36-30-54-18-6-10-22-58(54)46-64/h5-29,31,33,35-39,41,43-52,54,56,67H,30,32,34,40,42H2,1-4H3. The van der Waals surface area contributed by atoms with Gasteiger partial charge in [-0.2, -0.15) is 0 Å².